The van der Waals surface area contributed by atoms with Gasteiger partial charge in [-0.2, -0.15) is 0 Å². The molecule has 0 saturated carbocycles. The van der Waals surface area contributed by atoms with Crippen LogP contribution in [0.1, 0.15) is 13.8 Å². The van der Waals surface area contributed by atoms with Crippen LogP contribution in [0, 0.1) is 0 Å². The number of allylic oxidation sites excluding steroid dienone is 1. The summed E-state index contributed by atoms with van der Waals surface area (Å²) >= 11 is 0. The normalized spacial score (nSPS) is 16.3. The Hall–Kier alpha value is -1.52. The van der Waals surface area contributed by atoms with E-state index in [9.17, 15) is 9.59 Å². The van der Waals surface area contributed by atoms with E-state index >= 15 is 0 Å². The third-order valence-electron chi connectivity index (χ3n) is 1.52. The average molecular weight is 185 g/mol. The van der Waals surface area contributed by atoms with E-state index in [2.05, 4.69) is 5.32 Å². The van der Waals surface area contributed by atoms with Gasteiger partial charge in [0, 0.05) is 0 Å². The molecule has 0 bridgehead atoms. The third-order valence-corrected chi connectivity index (χ3v) is 1.52. The summed E-state index contributed by atoms with van der Waals surface area (Å²) in [4.78, 5) is 22.0. The SMILES string of the molecule is CCOC(=O)C1=C(C)OCC(=O)N1. The van der Waals surface area contributed by atoms with Crippen LogP contribution in [0.3, 0.4) is 0 Å². The molecule has 1 amide bonds. The molecule has 1 rings (SSSR count). The summed E-state index contributed by atoms with van der Waals surface area (Å²) in [7, 11) is 0. The Morgan fingerprint density at radius 3 is 3.00 bits per heavy atom. The van der Waals surface area contributed by atoms with Gasteiger partial charge in [-0.1, -0.05) is 0 Å². The zero-order chi connectivity index (χ0) is 9.84. The lowest BCUT2D eigenvalue weighted by atomic mass is 10.3. The highest BCUT2D eigenvalue weighted by Crippen LogP contribution is 2.09. The van der Waals surface area contributed by atoms with Crippen molar-refractivity contribution in [3.05, 3.63) is 11.5 Å². The monoisotopic (exact) mass is 185 g/mol. The largest absolute Gasteiger partial charge is 0.486 e. The average Bonchev–Trinajstić information content (AvgIpc) is 2.09. The van der Waals surface area contributed by atoms with Gasteiger partial charge in [0.15, 0.2) is 12.3 Å². The fraction of sp³-hybridized carbons (Fsp3) is 0.500. The van der Waals surface area contributed by atoms with E-state index in [0.29, 0.717) is 5.76 Å². The van der Waals surface area contributed by atoms with Gasteiger partial charge in [-0.05, 0) is 13.8 Å². The first-order valence-electron chi connectivity index (χ1n) is 3.95. The summed E-state index contributed by atoms with van der Waals surface area (Å²) in [5.41, 5.74) is 0.0955. The first kappa shape index (κ1) is 9.57. The van der Waals surface area contributed by atoms with Crippen molar-refractivity contribution in [1.29, 1.82) is 0 Å². The lowest BCUT2D eigenvalue weighted by Crippen LogP contribution is -2.36. The Bertz CT molecular complexity index is 269. The van der Waals surface area contributed by atoms with Gasteiger partial charge in [0.2, 0.25) is 0 Å². The van der Waals surface area contributed by atoms with Crippen LogP contribution in [0.15, 0.2) is 11.5 Å². The molecule has 13 heavy (non-hydrogen) atoms. The van der Waals surface area contributed by atoms with E-state index < -0.39 is 5.97 Å². The van der Waals surface area contributed by atoms with Crippen molar-refractivity contribution < 1.29 is 19.1 Å². The predicted molar refractivity (Wildman–Crippen MR) is 43.4 cm³/mol. The van der Waals surface area contributed by atoms with E-state index in [1.165, 1.54) is 0 Å². The van der Waals surface area contributed by atoms with Crippen LogP contribution in [0.25, 0.3) is 0 Å². The second-order valence-corrected chi connectivity index (χ2v) is 2.49. The van der Waals surface area contributed by atoms with Crippen LogP contribution in [0.5, 0.6) is 0 Å². The maximum atomic E-state index is 11.2. The van der Waals surface area contributed by atoms with Crippen LogP contribution >= 0.6 is 0 Å². The molecule has 1 aliphatic rings. The van der Waals surface area contributed by atoms with E-state index in [4.69, 9.17) is 9.47 Å². The Kier molecular flexibility index (Phi) is 2.89. The van der Waals surface area contributed by atoms with Gasteiger partial charge < -0.3 is 14.8 Å². The Labute approximate surface area is 75.7 Å². The third kappa shape index (κ3) is 2.21. The van der Waals surface area contributed by atoms with Crippen LogP contribution in [-0.4, -0.2) is 25.1 Å². The first-order chi connectivity index (χ1) is 6.15. The van der Waals surface area contributed by atoms with E-state index in [0.717, 1.165) is 0 Å². The highest BCUT2D eigenvalue weighted by molar-refractivity contribution is 5.95. The van der Waals surface area contributed by atoms with Crippen molar-refractivity contribution in [2.75, 3.05) is 13.2 Å². The quantitative estimate of drug-likeness (QED) is 0.611. The summed E-state index contributed by atoms with van der Waals surface area (Å²) < 4.78 is 9.65. The van der Waals surface area contributed by atoms with Crippen LogP contribution < -0.4 is 5.32 Å². The Morgan fingerprint density at radius 2 is 2.38 bits per heavy atom. The van der Waals surface area contributed by atoms with Crippen molar-refractivity contribution in [1.82, 2.24) is 5.32 Å². The molecule has 0 aromatic carbocycles. The van der Waals surface area contributed by atoms with Crippen molar-refractivity contribution in [3.8, 4) is 0 Å². The Morgan fingerprint density at radius 1 is 1.69 bits per heavy atom. The second-order valence-electron chi connectivity index (χ2n) is 2.49. The zero-order valence-corrected chi connectivity index (χ0v) is 7.55. The predicted octanol–water partition coefficient (Wildman–Crippen LogP) is -0.0726. The molecule has 1 N–H and O–H groups in total. The molecule has 72 valence electrons. The lowest BCUT2D eigenvalue weighted by Gasteiger charge is -2.17. The molecule has 5 heteroatoms. The van der Waals surface area contributed by atoms with Gasteiger partial charge in [0.05, 0.1) is 6.61 Å². The van der Waals surface area contributed by atoms with E-state index in [1.807, 2.05) is 0 Å². The highest BCUT2D eigenvalue weighted by atomic mass is 16.5. The molecule has 0 aromatic heterocycles. The standard InChI is InChI=1S/C8H11NO4/c1-3-12-8(11)7-5(2)13-4-6(10)9-7/h3-4H2,1-2H3,(H,9,10). The molecule has 0 aromatic rings. The summed E-state index contributed by atoms with van der Waals surface area (Å²) in [6.07, 6.45) is 0. The fourth-order valence-corrected chi connectivity index (χ4v) is 0.908. The van der Waals surface area contributed by atoms with Gasteiger partial charge in [-0.3, -0.25) is 4.79 Å². The number of carbonyl (C=O) groups is 2. The Balaban J connectivity index is 2.75. The van der Waals surface area contributed by atoms with Crippen molar-refractivity contribution in [2.24, 2.45) is 0 Å². The van der Waals surface area contributed by atoms with Gasteiger partial charge in [-0.15, -0.1) is 0 Å². The number of nitrogens with one attached hydrogen (secondary N) is 1. The van der Waals surface area contributed by atoms with Gasteiger partial charge >= 0.3 is 5.97 Å². The highest BCUT2D eigenvalue weighted by Gasteiger charge is 2.22. The van der Waals surface area contributed by atoms with Gasteiger partial charge in [0.1, 0.15) is 5.76 Å². The second kappa shape index (κ2) is 3.93. The number of esters is 1. The number of hydrogen-bond acceptors (Lipinski definition) is 4. The summed E-state index contributed by atoms with van der Waals surface area (Å²) in [6.45, 7) is 3.52. The minimum absolute atomic E-state index is 0.0469. The first-order valence-corrected chi connectivity index (χ1v) is 3.95. The van der Waals surface area contributed by atoms with Gasteiger partial charge in [0.25, 0.3) is 5.91 Å². The zero-order valence-electron chi connectivity index (χ0n) is 7.55. The van der Waals surface area contributed by atoms with Crippen LogP contribution in [-0.2, 0) is 19.1 Å². The lowest BCUT2D eigenvalue weighted by molar-refractivity contribution is -0.141. The van der Waals surface area contributed by atoms with Crippen molar-refractivity contribution in [2.45, 2.75) is 13.8 Å². The molecule has 5 nitrogen and oxygen atoms in total. The molecule has 0 saturated heterocycles. The summed E-state index contributed by atoms with van der Waals surface area (Å²) in [6, 6.07) is 0. The molecule has 0 fully saturated rings. The molecular weight excluding hydrogens is 174 g/mol. The minimum Gasteiger partial charge on any atom is -0.486 e. The topological polar surface area (TPSA) is 64.6 Å². The minimum atomic E-state index is -0.562. The van der Waals surface area contributed by atoms with E-state index in [1.54, 1.807) is 13.8 Å². The molecular formula is C8H11NO4. The summed E-state index contributed by atoms with van der Waals surface area (Å²) in [5.74, 6) is -0.514. The van der Waals surface area contributed by atoms with Crippen LogP contribution in [0.2, 0.25) is 0 Å². The molecule has 0 atom stereocenters. The number of carbonyl (C=O) groups excluding carboxylic acids is 2. The molecule has 1 aliphatic heterocycles. The summed E-state index contributed by atoms with van der Waals surface area (Å²) in [5, 5.41) is 2.39. The van der Waals surface area contributed by atoms with Crippen molar-refractivity contribution >= 4 is 11.9 Å². The van der Waals surface area contributed by atoms with E-state index in [-0.39, 0.29) is 24.8 Å². The maximum absolute atomic E-state index is 11.2. The molecule has 0 aliphatic carbocycles. The van der Waals surface area contributed by atoms with Crippen LogP contribution in [0.4, 0.5) is 0 Å². The fourth-order valence-electron chi connectivity index (χ4n) is 0.908. The number of amides is 1. The molecule has 1 heterocycles. The number of ether oxygens (including phenoxy) is 2. The van der Waals surface area contributed by atoms with Gasteiger partial charge in [-0.25, -0.2) is 4.79 Å². The number of rotatable bonds is 2. The van der Waals surface area contributed by atoms with Crippen molar-refractivity contribution in [3.63, 3.8) is 0 Å². The number of hydrogen-bond donors (Lipinski definition) is 1. The molecule has 0 radical (unpaired) electrons. The molecule has 0 unspecified atom stereocenters. The maximum Gasteiger partial charge on any atom is 0.358 e. The smallest absolute Gasteiger partial charge is 0.358 e. The molecule has 0 spiro atoms.